The maximum Gasteiger partial charge on any atom is 0.411 e. The van der Waals surface area contributed by atoms with Gasteiger partial charge in [0.15, 0.2) is 0 Å². The van der Waals surface area contributed by atoms with Crippen LogP contribution in [0.2, 0.25) is 0 Å². The van der Waals surface area contributed by atoms with Crippen LogP contribution in [0.5, 0.6) is 0 Å². The third-order valence-electron chi connectivity index (χ3n) is 5.39. The number of amides is 1. The number of carbonyl (C=O) groups is 2. The summed E-state index contributed by atoms with van der Waals surface area (Å²) >= 11 is 0. The highest BCUT2D eigenvalue weighted by Crippen LogP contribution is 2.44. The Morgan fingerprint density at radius 3 is 2.03 bits per heavy atom. The molecule has 0 heterocycles. The predicted octanol–water partition coefficient (Wildman–Crippen LogP) is 3.80. The van der Waals surface area contributed by atoms with E-state index in [2.05, 4.69) is 22.2 Å². The van der Waals surface area contributed by atoms with Crippen molar-refractivity contribution in [3.05, 3.63) is 83.9 Å². The lowest BCUT2D eigenvalue weighted by molar-refractivity contribution is -0.136. The molecule has 33 heavy (non-hydrogen) atoms. The fourth-order valence-corrected chi connectivity index (χ4v) is 4.88. The lowest BCUT2D eigenvalue weighted by Crippen LogP contribution is -2.26. The predicted molar refractivity (Wildman–Crippen MR) is 123 cm³/mol. The maximum atomic E-state index is 12.4. The molecule has 1 amide bonds. The first kappa shape index (κ1) is 22.5. The van der Waals surface area contributed by atoms with Gasteiger partial charge in [-0.25, -0.2) is 17.9 Å². The number of carboxylic acid groups (broad SMARTS) is 1. The Kier molecular flexibility index (Phi) is 6.43. The first-order chi connectivity index (χ1) is 15.8. The number of hydrogen-bond acceptors (Lipinski definition) is 5. The molecular formula is C24H22N2O6S. The van der Waals surface area contributed by atoms with Gasteiger partial charge in [0.25, 0.3) is 0 Å². The molecule has 1 aliphatic carbocycles. The van der Waals surface area contributed by atoms with E-state index in [-0.39, 0.29) is 30.4 Å². The molecule has 3 N–H and O–H groups in total. The Bertz CT molecular complexity index is 1240. The van der Waals surface area contributed by atoms with Gasteiger partial charge in [0, 0.05) is 18.2 Å². The zero-order valence-corrected chi connectivity index (χ0v) is 18.3. The molecule has 0 spiro atoms. The summed E-state index contributed by atoms with van der Waals surface area (Å²) in [5, 5.41) is 11.2. The van der Waals surface area contributed by atoms with Gasteiger partial charge in [0.2, 0.25) is 10.0 Å². The smallest absolute Gasteiger partial charge is 0.411 e. The molecule has 170 valence electrons. The van der Waals surface area contributed by atoms with Crippen LogP contribution in [0.15, 0.2) is 77.7 Å². The molecule has 9 heteroatoms. The molecule has 0 aliphatic heterocycles. The number of ether oxygens (including phenoxy) is 1. The molecule has 8 nitrogen and oxygen atoms in total. The van der Waals surface area contributed by atoms with Gasteiger partial charge in [-0.1, -0.05) is 48.5 Å². The second-order valence-corrected chi connectivity index (χ2v) is 9.28. The largest absolute Gasteiger partial charge is 0.481 e. The number of carbonyl (C=O) groups excluding carboxylic acids is 1. The Morgan fingerprint density at radius 2 is 1.45 bits per heavy atom. The lowest BCUT2D eigenvalue weighted by atomic mass is 9.98. The summed E-state index contributed by atoms with van der Waals surface area (Å²) in [6.45, 7) is -0.0444. The van der Waals surface area contributed by atoms with Gasteiger partial charge in [-0.2, -0.15) is 0 Å². The van der Waals surface area contributed by atoms with Crippen molar-refractivity contribution in [1.82, 2.24) is 4.72 Å². The van der Waals surface area contributed by atoms with Crippen LogP contribution in [0.25, 0.3) is 11.1 Å². The zero-order chi connectivity index (χ0) is 23.4. The van der Waals surface area contributed by atoms with Gasteiger partial charge < -0.3 is 9.84 Å². The van der Waals surface area contributed by atoms with E-state index in [0.29, 0.717) is 5.69 Å². The standard InChI is InChI=1S/C24H22N2O6S/c27-23(28)13-14-25-33(30,31)17-11-9-16(10-12-17)26-24(29)32-15-22-20-7-3-1-5-18(20)19-6-2-4-8-21(19)22/h1-12,22,25H,13-15H2,(H,26,29)(H,27,28). The molecule has 0 saturated heterocycles. The van der Waals surface area contributed by atoms with Crippen LogP contribution in [-0.2, 0) is 19.6 Å². The molecule has 0 bridgehead atoms. The van der Waals surface area contributed by atoms with Crippen LogP contribution >= 0.6 is 0 Å². The molecule has 0 unspecified atom stereocenters. The average Bonchev–Trinajstić information content (AvgIpc) is 3.11. The van der Waals surface area contributed by atoms with Gasteiger partial charge in [-0.15, -0.1) is 0 Å². The molecule has 3 aromatic rings. The van der Waals surface area contributed by atoms with Crippen molar-refractivity contribution >= 4 is 27.8 Å². The van der Waals surface area contributed by atoms with Gasteiger partial charge >= 0.3 is 12.1 Å². The van der Waals surface area contributed by atoms with Crippen LogP contribution < -0.4 is 10.0 Å². The number of aliphatic carboxylic acids is 1. The Morgan fingerprint density at radius 1 is 0.879 bits per heavy atom. The van der Waals surface area contributed by atoms with E-state index < -0.39 is 22.1 Å². The fourth-order valence-electron chi connectivity index (χ4n) is 3.85. The lowest BCUT2D eigenvalue weighted by Gasteiger charge is -2.14. The summed E-state index contributed by atoms with van der Waals surface area (Å²) in [7, 11) is -3.84. The van der Waals surface area contributed by atoms with E-state index in [0.717, 1.165) is 22.3 Å². The minimum atomic E-state index is -3.84. The monoisotopic (exact) mass is 466 g/mol. The van der Waals surface area contributed by atoms with Crippen molar-refractivity contribution in [3.8, 4) is 11.1 Å². The highest BCUT2D eigenvalue weighted by Gasteiger charge is 2.29. The molecule has 0 radical (unpaired) electrons. The number of benzene rings is 3. The van der Waals surface area contributed by atoms with Gasteiger partial charge in [0.05, 0.1) is 11.3 Å². The molecule has 0 fully saturated rings. The minimum Gasteiger partial charge on any atom is -0.481 e. The van der Waals surface area contributed by atoms with Gasteiger partial charge in [-0.3, -0.25) is 10.1 Å². The van der Waals surface area contributed by atoms with Crippen molar-refractivity contribution in [1.29, 1.82) is 0 Å². The van der Waals surface area contributed by atoms with Crippen LogP contribution in [0.1, 0.15) is 23.5 Å². The SMILES string of the molecule is O=C(O)CCNS(=O)(=O)c1ccc(NC(=O)OCC2c3ccccc3-c3ccccc32)cc1. The van der Waals surface area contributed by atoms with E-state index in [1.165, 1.54) is 24.3 Å². The van der Waals surface area contributed by atoms with Crippen LogP contribution in [0.3, 0.4) is 0 Å². The van der Waals surface area contributed by atoms with Crippen LogP contribution in [-0.4, -0.2) is 38.7 Å². The zero-order valence-electron chi connectivity index (χ0n) is 17.5. The highest BCUT2D eigenvalue weighted by atomic mass is 32.2. The quantitative estimate of drug-likeness (QED) is 0.464. The summed E-state index contributed by atoms with van der Waals surface area (Å²) in [6, 6.07) is 21.6. The topological polar surface area (TPSA) is 122 Å². The van der Waals surface area contributed by atoms with E-state index in [4.69, 9.17) is 9.84 Å². The number of carboxylic acids is 1. The molecule has 0 aromatic heterocycles. The van der Waals surface area contributed by atoms with E-state index in [1.807, 2.05) is 36.4 Å². The minimum absolute atomic E-state index is 0.0361. The number of rotatable bonds is 8. The van der Waals surface area contributed by atoms with Crippen LogP contribution in [0.4, 0.5) is 10.5 Å². The second kappa shape index (κ2) is 9.43. The highest BCUT2D eigenvalue weighted by molar-refractivity contribution is 7.89. The first-order valence-corrected chi connectivity index (χ1v) is 11.8. The van der Waals surface area contributed by atoms with Crippen LogP contribution in [0, 0.1) is 0 Å². The first-order valence-electron chi connectivity index (χ1n) is 10.3. The number of nitrogens with one attached hydrogen (secondary N) is 2. The summed E-state index contributed by atoms with van der Waals surface area (Å²) in [5.74, 6) is -1.16. The number of sulfonamides is 1. The maximum absolute atomic E-state index is 12.4. The second-order valence-electron chi connectivity index (χ2n) is 7.52. The van der Waals surface area contributed by atoms with Crippen molar-refractivity contribution in [2.24, 2.45) is 0 Å². The number of anilines is 1. The number of fused-ring (bicyclic) bond motifs is 3. The van der Waals surface area contributed by atoms with E-state index in [1.54, 1.807) is 0 Å². The van der Waals surface area contributed by atoms with Gasteiger partial charge in [-0.05, 0) is 46.5 Å². The Labute approximate surface area is 191 Å². The summed E-state index contributed by atoms with van der Waals surface area (Å²) in [5.41, 5.74) is 4.86. The Balaban J connectivity index is 1.37. The van der Waals surface area contributed by atoms with Crippen molar-refractivity contribution in [2.45, 2.75) is 17.2 Å². The summed E-state index contributed by atoms with van der Waals surface area (Å²) < 4.78 is 32.1. The summed E-state index contributed by atoms with van der Waals surface area (Å²) in [4.78, 5) is 22.9. The van der Waals surface area contributed by atoms with E-state index >= 15 is 0 Å². The molecule has 0 saturated carbocycles. The third kappa shape index (κ3) is 5.05. The molecular weight excluding hydrogens is 444 g/mol. The summed E-state index contributed by atoms with van der Waals surface area (Å²) in [6.07, 6.45) is -0.965. The average molecular weight is 467 g/mol. The molecule has 3 aromatic carbocycles. The number of hydrogen-bond donors (Lipinski definition) is 3. The van der Waals surface area contributed by atoms with Crippen molar-refractivity contribution in [2.75, 3.05) is 18.5 Å². The normalized spacial score (nSPS) is 12.6. The Hall–Kier alpha value is -3.69. The van der Waals surface area contributed by atoms with Gasteiger partial charge in [0.1, 0.15) is 6.61 Å². The molecule has 0 atom stereocenters. The van der Waals surface area contributed by atoms with Crippen molar-refractivity contribution < 1.29 is 27.9 Å². The third-order valence-corrected chi connectivity index (χ3v) is 6.86. The van der Waals surface area contributed by atoms with Crippen molar-refractivity contribution in [3.63, 3.8) is 0 Å². The molecule has 4 rings (SSSR count). The van der Waals surface area contributed by atoms with E-state index in [9.17, 15) is 18.0 Å². The fraction of sp³-hybridized carbons (Fsp3) is 0.167. The molecule has 1 aliphatic rings.